The number of fused-ring (bicyclic) bond motifs is 1. The maximum atomic E-state index is 12.3. The number of aryl methyl sites for hydroxylation is 1. The standard InChI is InChI=1S/C18H18N4O3S3/c1-11-19-15-10-13(6-9-16(15)27-11)20-18(26)21-17(23)12-4-7-14(8-5-12)28(24,25)22(2)3/h4-10H,1-3H3,(H2,20,21,23,26). The maximum Gasteiger partial charge on any atom is 0.257 e. The number of sulfonamides is 1. The molecule has 1 amide bonds. The smallest absolute Gasteiger partial charge is 0.257 e. The Morgan fingerprint density at radius 1 is 1.14 bits per heavy atom. The van der Waals surface area contributed by atoms with E-state index in [1.807, 2.05) is 25.1 Å². The third-order valence-corrected chi connectivity index (χ3v) is 6.86. The van der Waals surface area contributed by atoms with Crippen molar-refractivity contribution in [1.29, 1.82) is 0 Å². The van der Waals surface area contributed by atoms with E-state index in [0.717, 1.165) is 25.2 Å². The van der Waals surface area contributed by atoms with E-state index in [-0.39, 0.29) is 10.0 Å². The molecule has 1 heterocycles. The topological polar surface area (TPSA) is 91.4 Å². The van der Waals surface area contributed by atoms with Gasteiger partial charge in [0.25, 0.3) is 5.91 Å². The molecule has 0 atom stereocenters. The third kappa shape index (κ3) is 4.36. The van der Waals surface area contributed by atoms with E-state index in [2.05, 4.69) is 15.6 Å². The van der Waals surface area contributed by atoms with Gasteiger partial charge in [0.15, 0.2) is 5.11 Å². The van der Waals surface area contributed by atoms with Crippen LogP contribution in [0.5, 0.6) is 0 Å². The zero-order valence-electron chi connectivity index (χ0n) is 15.4. The average Bonchev–Trinajstić information content (AvgIpc) is 3.00. The number of aromatic nitrogens is 1. The van der Waals surface area contributed by atoms with E-state index in [9.17, 15) is 13.2 Å². The van der Waals surface area contributed by atoms with Crippen molar-refractivity contribution in [2.24, 2.45) is 0 Å². The highest BCUT2D eigenvalue weighted by Crippen LogP contribution is 2.24. The SMILES string of the molecule is Cc1nc2cc(NC(=S)NC(=O)c3ccc(S(=O)(=O)N(C)C)cc3)ccc2s1. The summed E-state index contributed by atoms with van der Waals surface area (Å²) >= 11 is 6.80. The summed E-state index contributed by atoms with van der Waals surface area (Å²) in [7, 11) is -0.643. The van der Waals surface area contributed by atoms with Gasteiger partial charge in [-0.1, -0.05) is 0 Å². The van der Waals surface area contributed by atoms with Gasteiger partial charge in [-0.05, 0) is 61.6 Å². The molecule has 0 aliphatic rings. The molecule has 0 radical (unpaired) electrons. The highest BCUT2D eigenvalue weighted by molar-refractivity contribution is 7.89. The molecule has 1 aromatic heterocycles. The van der Waals surface area contributed by atoms with Gasteiger partial charge >= 0.3 is 0 Å². The third-order valence-electron chi connectivity index (χ3n) is 3.87. The Morgan fingerprint density at radius 2 is 1.82 bits per heavy atom. The van der Waals surface area contributed by atoms with Crippen molar-refractivity contribution in [3.63, 3.8) is 0 Å². The molecule has 28 heavy (non-hydrogen) atoms. The molecular formula is C18H18N4O3S3. The van der Waals surface area contributed by atoms with Gasteiger partial charge in [0.1, 0.15) is 0 Å². The Kier molecular flexibility index (Phi) is 5.75. The lowest BCUT2D eigenvalue weighted by Gasteiger charge is -2.12. The van der Waals surface area contributed by atoms with Gasteiger partial charge in [-0.15, -0.1) is 11.3 Å². The number of amides is 1. The summed E-state index contributed by atoms with van der Waals surface area (Å²) in [6.45, 7) is 1.94. The van der Waals surface area contributed by atoms with E-state index in [1.165, 1.54) is 38.4 Å². The first-order valence-corrected chi connectivity index (χ1v) is 10.9. The van der Waals surface area contributed by atoms with Crippen LogP contribution in [0.1, 0.15) is 15.4 Å². The lowest BCUT2D eigenvalue weighted by molar-refractivity contribution is 0.0977. The van der Waals surface area contributed by atoms with Crippen LogP contribution in [0.3, 0.4) is 0 Å². The van der Waals surface area contributed by atoms with Crippen molar-refractivity contribution < 1.29 is 13.2 Å². The largest absolute Gasteiger partial charge is 0.332 e. The second-order valence-corrected chi connectivity index (χ2v) is 9.93. The molecule has 10 heteroatoms. The van der Waals surface area contributed by atoms with Crippen LogP contribution in [0.25, 0.3) is 10.2 Å². The van der Waals surface area contributed by atoms with Crippen LogP contribution in [0.15, 0.2) is 47.4 Å². The van der Waals surface area contributed by atoms with Crippen LogP contribution < -0.4 is 10.6 Å². The monoisotopic (exact) mass is 434 g/mol. The zero-order valence-corrected chi connectivity index (χ0v) is 17.8. The second kappa shape index (κ2) is 7.92. The molecule has 7 nitrogen and oxygen atoms in total. The normalized spacial score (nSPS) is 11.6. The van der Waals surface area contributed by atoms with Crippen LogP contribution >= 0.6 is 23.6 Å². The van der Waals surface area contributed by atoms with Crippen LogP contribution in [-0.2, 0) is 10.0 Å². The van der Waals surface area contributed by atoms with Crippen molar-refractivity contribution in [3.8, 4) is 0 Å². The second-order valence-electron chi connectivity index (χ2n) is 6.14. The van der Waals surface area contributed by atoms with Gasteiger partial charge in [0.2, 0.25) is 10.0 Å². The number of thiazole rings is 1. The predicted molar refractivity (Wildman–Crippen MR) is 115 cm³/mol. The molecular weight excluding hydrogens is 416 g/mol. The lowest BCUT2D eigenvalue weighted by atomic mass is 10.2. The van der Waals surface area contributed by atoms with Gasteiger partial charge in [-0.25, -0.2) is 17.7 Å². The van der Waals surface area contributed by atoms with Crippen molar-refractivity contribution in [3.05, 3.63) is 53.0 Å². The number of hydrogen-bond acceptors (Lipinski definition) is 6. The van der Waals surface area contributed by atoms with Crippen molar-refractivity contribution in [2.75, 3.05) is 19.4 Å². The summed E-state index contributed by atoms with van der Waals surface area (Å²) in [4.78, 5) is 16.9. The number of carbonyl (C=O) groups excluding carboxylic acids is 1. The number of thiocarbonyl (C=S) groups is 1. The fourth-order valence-electron chi connectivity index (χ4n) is 2.45. The van der Waals surface area contributed by atoms with Crippen molar-refractivity contribution in [2.45, 2.75) is 11.8 Å². The quantitative estimate of drug-likeness (QED) is 0.614. The highest BCUT2D eigenvalue weighted by Gasteiger charge is 2.17. The van der Waals surface area contributed by atoms with E-state index in [0.29, 0.717) is 5.56 Å². The number of nitrogens with one attached hydrogen (secondary N) is 2. The summed E-state index contributed by atoms with van der Waals surface area (Å²) < 4.78 is 26.3. The molecule has 2 aromatic carbocycles. The highest BCUT2D eigenvalue weighted by atomic mass is 32.2. The van der Waals surface area contributed by atoms with E-state index < -0.39 is 15.9 Å². The summed E-state index contributed by atoms with van der Waals surface area (Å²) in [5.74, 6) is -0.433. The molecule has 3 rings (SSSR count). The molecule has 2 N–H and O–H groups in total. The van der Waals surface area contributed by atoms with Crippen molar-refractivity contribution in [1.82, 2.24) is 14.6 Å². The molecule has 0 bridgehead atoms. The fourth-order valence-corrected chi connectivity index (χ4v) is 4.37. The number of anilines is 1. The number of benzene rings is 2. The Bertz CT molecular complexity index is 1150. The van der Waals surface area contributed by atoms with Crippen LogP contribution in [0.4, 0.5) is 5.69 Å². The number of nitrogens with zero attached hydrogens (tertiary/aromatic N) is 2. The molecule has 0 saturated heterocycles. The lowest BCUT2D eigenvalue weighted by Crippen LogP contribution is -2.34. The molecule has 0 aliphatic carbocycles. The molecule has 0 spiro atoms. The van der Waals surface area contributed by atoms with Crippen LogP contribution in [0, 0.1) is 6.92 Å². The number of hydrogen-bond donors (Lipinski definition) is 2. The molecule has 146 valence electrons. The number of rotatable bonds is 4. The van der Waals surface area contributed by atoms with Gasteiger partial charge in [0, 0.05) is 25.3 Å². The summed E-state index contributed by atoms with van der Waals surface area (Å²) in [5, 5.41) is 6.65. The fraction of sp³-hybridized carbons (Fsp3) is 0.167. The van der Waals surface area contributed by atoms with Gasteiger partial charge < -0.3 is 5.32 Å². The first-order valence-electron chi connectivity index (χ1n) is 8.19. The molecule has 0 fully saturated rings. The first-order chi connectivity index (χ1) is 13.2. The Labute approximate surface area is 172 Å². The predicted octanol–water partition coefficient (Wildman–Crippen LogP) is 2.98. The van der Waals surface area contributed by atoms with Crippen molar-refractivity contribution >= 4 is 60.5 Å². The zero-order chi connectivity index (χ0) is 20.5. The molecule has 0 unspecified atom stereocenters. The van der Waals surface area contributed by atoms with Gasteiger partial charge in [0.05, 0.1) is 20.1 Å². The van der Waals surface area contributed by atoms with E-state index in [1.54, 1.807) is 11.3 Å². The van der Waals surface area contributed by atoms with Gasteiger partial charge in [-0.3, -0.25) is 10.1 Å². The minimum absolute atomic E-state index is 0.113. The van der Waals surface area contributed by atoms with E-state index >= 15 is 0 Å². The molecule has 3 aromatic rings. The summed E-state index contributed by atoms with van der Waals surface area (Å²) in [5.41, 5.74) is 1.88. The van der Waals surface area contributed by atoms with Crippen LogP contribution in [-0.4, -0.2) is 42.8 Å². The van der Waals surface area contributed by atoms with Gasteiger partial charge in [-0.2, -0.15) is 0 Å². The first kappa shape index (κ1) is 20.3. The average molecular weight is 435 g/mol. The Hall–Kier alpha value is -2.40. The summed E-state index contributed by atoms with van der Waals surface area (Å²) in [6.07, 6.45) is 0. The Morgan fingerprint density at radius 3 is 2.46 bits per heavy atom. The number of carbonyl (C=O) groups is 1. The van der Waals surface area contributed by atoms with E-state index in [4.69, 9.17) is 12.2 Å². The minimum atomic E-state index is -3.54. The maximum absolute atomic E-state index is 12.3. The molecule has 0 aliphatic heterocycles. The molecule has 0 saturated carbocycles. The van der Waals surface area contributed by atoms with Crippen LogP contribution in [0.2, 0.25) is 0 Å². The Balaban J connectivity index is 1.67. The minimum Gasteiger partial charge on any atom is -0.332 e. The summed E-state index contributed by atoms with van der Waals surface area (Å²) in [6, 6.07) is 11.3.